The fourth-order valence-electron chi connectivity index (χ4n) is 1.72. The quantitative estimate of drug-likeness (QED) is 0.676. The van der Waals surface area contributed by atoms with Crippen LogP contribution in [0.3, 0.4) is 0 Å². The third-order valence-corrected chi connectivity index (χ3v) is 2.77. The summed E-state index contributed by atoms with van der Waals surface area (Å²) in [6.07, 6.45) is -4.77. The molecular weight excluding hydrogens is 240 g/mol. The molecule has 1 aliphatic rings. The summed E-state index contributed by atoms with van der Waals surface area (Å²) in [7, 11) is 1.50. The predicted octanol–water partition coefficient (Wildman–Crippen LogP) is -0.487. The van der Waals surface area contributed by atoms with E-state index in [0.717, 1.165) is 0 Å². The molecule has 4 atom stereocenters. The van der Waals surface area contributed by atoms with Gasteiger partial charge in [0.05, 0.1) is 13.7 Å². The van der Waals surface area contributed by atoms with Crippen molar-refractivity contribution in [3.63, 3.8) is 0 Å². The molecule has 0 saturated carbocycles. The van der Waals surface area contributed by atoms with Gasteiger partial charge in [-0.05, 0) is 12.1 Å². The molecule has 1 heterocycles. The van der Waals surface area contributed by atoms with Gasteiger partial charge in [0.2, 0.25) is 6.29 Å². The Labute approximate surface area is 104 Å². The Morgan fingerprint density at radius 2 is 1.78 bits per heavy atom. The summed E-state index contributed by atoms with van der Waals surface area (Å²) in [6, 6.07) is 6.89. The first-order valence-electron chi connectivity index (χ1n) is 5.59. The van der Waals surface area contributed by atoms with Crippen molar-refractivity contribution in [3.05, 3.63) is 24.3 Å². The molecule has 100 valence electrons. The van der Waals surface area contributed by atoms with Gasteiger partial charge in [0.15, 0.2) is 11.5 Å². The molecule has 0 aromatic heterocycles. The number of hydrogen-bond donors (Lipinski definition) is 3. The molecule has 6 nitrogen and oxygen atoms in total. The summed E-state index contributed by atoms with van der Waals surface area (Å²) in [4.78, 5) is 0. The number of benzene rings is 1. The van der Waals surface area contributed by atoms with Crippen molar-refractivity contribution in [2.24, 2.45) is 0 Å². The lowest BCUT2D eigenvalue weighted by molar-refractivity contribution is -0.242. The van der Waals surface area contributed by atoms with E-state index in [1.165, 1.54) is 7.11 Å². The summed E-state index contributed by atoms with van der Waals surface area (Å²) in [5, 5.41) is 28.6. The van der Waals surface area contributed by atoms with Crippen LogP contribution in [0.25, 0.3) is 0 Å². The first-order chi connectivity index (χ1) is 8.63. The van der Waals surface area contributed by atoms with Crippen molar-refractivity contribution in [1.82, 2.24) is 0 Å². The lowest BCUT2D eigenvalue weighted by Gasteiger charge is -2.35. The van der Waals surface area contributed by atoms with Gasteiger partial charge in [0, 0.05) is 0 Å². The van der Waals surface area contributed by atoms with Gasteiger partial charge in [-0.25, -0.2) is 0 Å². The Balaban J connectivity index is 2.09. The third-order valence-electron chi connectivity index (χ3n) is 2.77. The fraction of sp³-hybridized carbons (Fsp3) is 0.500. The lowest BCUT2D eigenvalue weighted by atomic mass is 10.1. The zero-order valence-electron chi connectivity index (χ0n) is 9.89. The van der Waals surface area contributed by atoms with E-state index < -0.39 is 24.6 Å². The van der Waals surface area contributed by atoms with Crippen molar-refractivity contribution in [3.8, 4) is 11.5 Å². The van der Waals surface area contributed by atoms with Crippen LogP contribution in [0.1, 0.15) is 0 Å². The van der Waals surface area contributed by atoms with Crippen LogP contribution in [0.4, 0.5) is 0 Å². The molecular formula is C12H16O6. The monoisotopic (exact) mass is 256 g/mol. The maximum Gasteiger partial charge on any atom is 0.229 e. The molecule has 3 N–H and O–H groups in total. The van der Waals surface area contributed by atoms with Crippen LogP contribution in [0.2, 0.25) is 0 Å². The number of methoxy groups -OCH3 is 1. The van der Waals surface area contributed by atoms with Gasteiger partial charge in [-0.15, -0.1) is 0 Å². The molecule has 2 rings (SSSR count). The van der Waals surface area contributed by atoms with Crippen molar-refractivity contribution in [1.29, 1.82) is 0 Å². The van der Waals surface area contributed by atoms with E-state index in [-0.39, 0.29) is 6.61 Å². The maximum absolute atomic E-state index is 9.73. The number of ether oxygens (including phenoxy) is 3. The molecule has 1 fully saturated rings. The Morgan fingerprint density at radius 1 is 1.11 bits per heavy atom. The van der Waals surface area contributed by atoms with E-state index in [2.05, 4.69) is 0 Å². The largest absolute Gasteiger partial charge is 0.493 e. The summed E-state index contributed by atoms with van der Waals surface area (Å²) in [5.74, 6) is 0.890. The number of aliphatic hydroxyl groups excluding tert-OH is 3. The molecule has 0 amide bonds. The van der Waals surface area contributed by atoms with Gasteiger partial charge >= 0.3 is 0 Å². The van der Waals surface area contributed by atoms with E-state index in [1.54, 1.807) is 24.3 Å². The predicted molar refractivity (Wildman–Crippen MR) is 61.4 cm³/mol. The first kappa shape index (κ1) is 13.1. The van der Waals surface area contributed by atoms with Gasteiger partial charge in [0.25, 0.3) is 0 Å². The first-order valence-corrected chi connectivity index (χ1v) is 5.59. The number of rotatable bonds is 3. The van der Waals surface area contributed by atoms with E-state index in [0.29, 0.717) is 11.5 Å². The highest BCUT2D eigenvalue weighted by molar-refractivity contribution is 5.39. The SMILES string of the molecule is COc1ccccc1OC1OCC(O)C(O)C1O. The number of hydrogen-bond acceptors (Lipinski definition) is 6. The topological polar surface area (TPSA) is 88.4 Å². The van der Waals surface area contributed by atoms with E-state index in [9.17, 15) is 15.3 Å². The highest BCUT2D eigenvalue weighted by Gasteiger charge is 2.39. The van der Waals surface area contributed by atoms with Gasteiger partial charge in [-0.2, -0.15) is 0 Å². The van der Waals surface area contributed by atoms with Gasteiger partial charge in [-0.1, -0.05) is 12.1 Å². The van der Waals surface area contributed by atoms with Crippen LogP contribution in [0.5, 0.6) is 11.5 Å². The van der Waals surface area contributed by atoms with Crippen LogP contribution in [-0.4, -0.2) is 53.6 Å². The molecule has 0 spiro atoms. The Kier molecular flexibility index (Phi) is 4.03. The van der Waals surface area contributed by atoms with E-state index >= 15 is 0 Å². The average molecular weight is 256 g/mol. The second kappa shape index (κ2) is 5.53. The Hall–Kier alpha value is -1.34. The van der Waals surface area contributed by atoms with Crippen LogP contribution in [0.15, 0.2) is 24.3 Å². The molecule has 18 heavy (non-hydrogen) atoms. The van der Waals surface area contributed by atoms with Crippen LogP contribution in [0, 0.1) is 0 Å². The fourth-order valence-corrected chi connectivity index (χ4v) is 1.72. The minimum Gasteiger partial charge on any atom is -0.493 e. The summed E-state index contributed by atoms with van der Waals surface area (Å²) >= 11 is 0. The lowest BCUT2D eigenvalue weighted by Crippen LogP contribution is -2.54. The van der Waals surface area contributed by atoms with Gasteiger partial charge in [0.1, 0.15) is 18.3 Å². The molecule has 0 bridgehead atoms. The molecule has 6 heteroatoms. The van der Waals surface area contributed by atoms with Crippen molar-refractivity contribution < 1.29 is 29.5 Å². The normalized spacial score (nSPS) is 32.0. The minimum atomic E-state index is -1.32. The van der Waals surface area contributed by atoms with Crippen molar-refractivity contribution in [2.75, 3.05) is 13.7 Å². The molecule has 0 radical (unpaired) electrons. The second-order valence-corrected chi connectivity index (χ2v) is 4.02. The zero-order valence-corrected chi connectivity index (χ0v) is 9.89. The molecule has 0 aliphatic carbocycles. The second-order valence-electron chi connectivity index (χ2n) is 4.02. The van der Waals surface area contributed by atoms with E-state index in [4.69, 9.17) is 14.2 Å². The van der Waals surface area contributed by atoms with Crippen molar-refractivity contribution in [2.45, 2.75) is 24.6 Å². The minimum absolute atomic E-state index is 0.0992. The highest BCUT2D eigenvalue weighted by Crippen LogP contribution is 2.29. The van der Waals surface area contributed by atoms with Gasteiger partial charge < -0.3 is 29.5 Å². The molecule has 1 aromatic rings. The third kappa shape index (κ3) is 2.56. The smallest absolute Gasteiger partial charge is 0.229 e. The van der Waals surface area contributed by atoms with Crippen LogP contribution < -0.4 is 9.47 Å². The van der Waals surface area contributed by atoms with Crippen LogP contribution >= 0.6 is 0 Å². The van der Waals surface area contributed by atoms with Crippen LogP contribution in [-0.2, 0) is 4.74 Å². The van der Waals surface area contributed by atoms with Gasteiger partial charge in [-0.3, -0.25) is 0 Å². The summed E-state index contributed by atoms with van der Waals surface area (Å²) in [5.41, 5.74) is 0. The number of para-hydroxylation sites is 2. The standard InChI is InChI=1S/C12H16O6/c1-16-8-4-2-3-5-9(8)18-12-11(15)10(14)7(13)6-17-12/h2-5,7,10-15H,6H2,1H3. The molecule has 1 aromatic carbocycles. The van der Waals surface area contributed by atoms with E-state index in [1.807, 2.05) is 0 Å². The summed E-state index contributed by atoms with van der Waals surface area (Å²) in [6.45, 7) is -0.0992. The Morgan fingerprint density at radius 3 is 2.44 bits per heavy atom. The zero-order chi connectivity index (χ0) is 13.1. The van der Waals surface area contributed by atoms with Crippen molar-refractivity contribution >= 4 is 0 Å². The Bertz CT molecular complexity index is 396. The maximum atomic E-state index is 9.73. The highest BCUT2D eigenvalue weighted by atomic mass is 16.7. The molecule has 1 saturated heterocycles. The molecule has 1 aliphatic heterocycles. The molecule has 4 unspecified atom stereocenters. The summed E-state index contributed by atoms with van der Waals surface area (Å²) < 4.78 is 15.7. The number of aliphatic hydroxyl groups is 3. The average Bonchev–Trinajstić information content (AvgIpc) is 2.40.